The Kier molecular flexibility index (Phi) is 9.37. The molecule has 0 aliphatic heterocycles. The Morgan fingerprint density at radius 3 is 2.11 bits per heavy atom. The van der Waals surface area contributed by atoms with Gasteiger partial charge in [-0.1, -0.05) is 50.2 Å². The van der Waals surface area contributed by atoms with Crippen molar-refractivity contribution in [3.05, 3.63) is 59.8 Å². The Labute approximate surface area is 207 Å². The molecule has 2 N–H and O–H groups in total. The lowest BCUT2D eigenvalue weighted by Crippen LogP contribution is -2.19. The standard InChI is InChI=1S/C24H28N2O6S.C2H6/c1-5-32-23(28)14-26-20(13-22(25-26)24(2,3)29)17-8-6-16(7-9-17)18-10-11-19(15-27)21(12-18)33(4,30)31;1-2/h6-13,27,29H,5,14-15H2,1-4H3;1-2H3. The van der Waals surface area contributed by atoms with Gasteiger partial charge in [0.25, 0.3) is 0 Å². The number of benzene rings is 2. The summed E-state index contributed by atoms with van der Waals surface area (Å²) in [7, 11) is -3.50. The largest absolute Gasteiger partial charge is 0.465 e. The van der Waals surface area contributed by atoms with Crippen molar-refractivity contribution in [1.82, 2.24) is 9.78 Å². The van der Waals surface area contributed by atoms with E-state index < -0.39 is 21.4 Å². The molecule has 0 aliphatic carbocycles. The maximum Gasteiger partial charge on any atom is 0.327 e. The molecular weight excluding hydrogens is 468 g/mol. The van der Waals surface area contributed by atoms with Gasteiger partial charge in [0.05, 0.1) is 29.5 Å². The van der Waals surface area contributed by atoms with Crippen molar-refractivity contribution in [3.8, 4) is 22.4 Å². The van der Waals surface area contributed by atoms with Crippen LogP contribution in [0.1, 0.15) is 45.9 Å². The third-order valence-electron chi connectivity index (χ3n) is 5.14. The van der Waals surface area contributed by atoms with Crippen LogP contribution >= 0.6 is 0 Å². The Morgan fingerprint density at radius 1 is 1.03 bits per heavy atom. The van der Waals surface area contributed by atoms with E-state index in [0.717, 1.165) is 17.4 Å². The van der Waals surface area contributed by atoms with E-state index in [0.29, 0.717) is 22.5 Å². The quantitative estimate of drug-likeness (QED) is 0.448. The molecule has 8 nitrogen and oxygen atoms in total. The van der Waals surface area contributed by atoms with Crippen molar-refractivity contribution >= 4 is 15.8 Å². The highest BCUT2D eigenvalue weighted by molar-refractivity contribution is 7.90. The van der Waals surface area contributed by atoms with Crippen LogP contribution in [0.5, 0.6) is 0 Å². The Bertz CT molecular complexity index is 1260. The number of carbonyl (C=O) groups is 1. The lowest BCUT2D eigenvalue weighted by Gasteiger charge is -2.12. The monoisotopic (exact) mass is 502 g/mol. The zero-order valence-corrected chi connectivity index (χ0v) is 21.9. The summed E-state index contributed by atoms with van der Waals surface area (Å²) in [5.41, 5.74) is 2.46. The zero-order valence-electron chi connectivity index (χ0n) is 21.1. The van der Waals surface area contributed by atoms with Crippen LogP contribution in [0.3, 0.4) is 0 Å². The molecule has 1 heterocycles. The lowest BCUT2D eigenvalue weighted by atomic mass is 10.0. The maximum atomic E-state index is 12.1. The van der Waals surface area contributed by atoms with Crippen molar-refractivity contribution in [1.29, 1.82) is 0 Å². The predicted octanol–water partition coefficient (Wildman–Crippen LogP) is 3.93. The minimum Gasteiger partial charge on any atom is -0.465 e. The minimum atomic E-state index is -3.50. The van der Waals surface area contributed by atoms with Gasteiger partial charge in [0.1, 0.15) is 12.1 Å². The van der Waals surface area contributed by atoms with Crippen molar-refractivity contribution in [3.63, 3.8) is 0 Å². The summed E-state index contributed by atoms with van der Waals surface area (Å²) in [4.78, 5) is 12.1. The molecule has 190 valence electrons. The highest BCUT2D eigenvalue weighted by atomic mass is 32.2. The SMILES string of the molecule is CC.CCOC(=O)Cn1nc(C(C)(C)O)cc1-c1ccc(-c2ccc(CO)c(S(C)(=O)=O)c2)cc1. The Hall–Kier alpha value is -3.01. The second-order valence-electron chi connectivity index (χ2n) is 8.27. The molecule has 0 bridgehead atoms. The van der Waals surface area contributed by atoms with Gasteiger partial charge in [-0.2, -0.15) is 5.10 Å². The van der Waals surface area contributed by atoms with Crippen molar-refractivity contribution < 1.29 is 28.2 Å². The minimum absolute atomic E-state index is 0.0916. The predicted molar refractivity (Wildman–Crippen MR) is 135 cm³/mol. The molecule has 35 heavy (non-hydrogen) atoms. The number of aliphatic hydroxyl groups excluding tert-OH is 1. The average Bonchev–Trinajstić information content (AvgIpc) is 3.24. The van der Waals surface area contributed by atoms with E-state index in [-0.39, 0.29) is 24.7 Å². The highest BCUT2D eigenvalue weighted by Gasteiger charge is 2.23. The Balaban J connectivity index is 0.00000210. The molecule has 0 atom stereocenters. The smallest absolute Gasteiger partial charge is 0.327 e. The van der Waals surface area contributed by atoms with E-state index in [4.69, 9.17) is 4.74 Å². The molecular formula is C26H34N2O6S. The molecule has 3 aromatic rings. The van der Waals surface area contributed by atoms with E-state index in [2.05, 4.69) is 5.10 Å². The van der Waals surface area contributed by atoms with Crippen LogP contribution in [0.4, 0.5) is 0 Å². The number of ether oxygens (including phenoxy) is 1. The fourth-order valence-corrected chi connectivity index (χ4v) is 4.39. The van der Waals surface area contributed by atoms with Gasteiger partial charge in [0.15, 0.2) is 9.84 Å². The summed E-state index contributed by atoms with van der Waals surface area (Å²) in [5.74, 6) is -0.432. The topological polar surface area (TPSA) is 119 Å². The first-order valence-corrected chi connectivity index (χ1v) is 13.3. The molecule has 0 saturated carbocycles. The van der Waals surface area contributed by atoms with Crippen LogP contribution in [0.15, 0.2) is 53.4 Å². The number of carbonyl (C=O) groups excluding carboxylic acids is 1. The normalized spacial score (nSPS) is 11.5. The molecule has 0 radical (unpaired) electrons. The van der Waals surface area contributed by atoms with E-state index in [1.165, 1.54) is 4.68 Å². The van der Waals surface area contributed by atoms with Crippen molar-refractivity contribution in [2.24, 2.45) is 0 Å². The van der Waals surface area contributed by atoms with E-state index in [9.17, 15) is 23.4 Å². The third-order valence-corrected chi connectivity index (χ3v) is 6.32. The number of aliphatic hydroxyl groups is 2. The lowest BCUT2D eigenvalue weighted by molar-refractivity contribution is -0.144. The van der Waals surface area contributed by atoms with E-state index in [1.807, 2.05) is 38.1 Å². The fraction of sp³-hybridized carbons (Fsp3) is 0.385. The van der Waals surface area contributed by atoms with Crippen LogP contribution in [0.25, 0.3) is 22.4 Å². The summed E-state index contributed by atoms with van der Waals surface area (Å²) in [6.45, 7) is 8.76. The van der Waals surface area contributed by atoms with Gasteiger partial charge in [-0.15, -0.1) is 0 Å². The summed E-state index contributed by atoms with van der Waals surface area (Å²) >= 11 is 0. The van der Waals surface area contributed by atoms with Gasteiger partial charge < -0.3 is 14.9 Å². The summed E-state index contributed by atoms with van der Waals surface area (Å²) < 4.78 is 30.8. The average molecular weight is 503 g/mol. The summed E-state index contributed by atoms with van der Waals surface area (Å²) in [6.07, 6.45) is 1.11. The second-order valence-corrected chi connectivity index (χ2v) is 10.3. The van der Waals surface area contributed by atoms with E-state index in [1.54, 1.807) is 45.0 Å². The second kappa shape index (κ2) is 11.6. The van der Waals surface area contributed by atoms with Crippen LogP contribution in [-0.2, 0) is 38.1 Å². The number of hydrogen-bond acceptors (Lipinski definition) is 7. The molecule has 2 aromatic carbocycles. The molecule has 3 rings (SSSR count). The number of hydrogen-bond donors (Lipinski definition) is 2. The third kappa shape index (κ3) is 7.00. The first kappa shape index (κ1) is 28.2. The molecule has 0 fully saturated rings. The van der Waals surface area contributed by atoms with Gasteiger partial charge in [-0.3, -0.25) is 9.48 Å². The summed E-state index contributed by atoms with van der Waals surface area (Å²) in [5, 5.41) is 24.2. The molecule has 0 spiro atoms. The summed E-state index contributed by atoms with van der Waals surface area (Å²) in [6, 6.07) is 14.0. The van der Waals surface area contributed by atoms with Crippen LogP contribution in [0, 0.1) is 0 Å². The number of esters is 1. The number of nitrogens with zero attached hydrogens (tertiary/aromatic N) is 2. The zero-order chi connectivity index (χ0) is 26.4. The number of sulfone groups is 1. The number of aromatic nitrogens is 2. The van der Waals surface area contributed by atoms with Gasteiger partial charge in [0.2, 0.25) is 0 Å². The molecule has 9 heteroatoms. The van der Waals surface area contributed by atoms with Gasteiger partial charge in [-0.25, -0.2) is 8.42 Å². The number of rotatable bonds is 8. The van der Waals surface area contributed by atoms with Crippen LogP contribution < -0.4 is 0 Å². The first-order chi connectivity index (χ1) is 16.4. The molecule has 1 aromatic heterocycles. The highest BCUT2D eigenvalue weighted by Crippen LogP contribution is 2.30. The first-order valence-electron chi connectivity index (χ1n) is 11.4. The van der Waals surface area contributed by atoms with Gasteiger partial charge in [-0.05, 0) is 55.2 Å². The Morgan fingerprint density at radius 2 is 1.60 bits per heavy atom. The molecule has 0 unspecified atom stereocenters. The molecule has 0 saturated heterocycles. The molecule has 0 amide bonds. The van der Waals surface area contributed by atoms with Crippen LogP contribution in [0.2, 0.25) is 0 Å². The van der Waals surface area contributed by atoms with Gasteiger partial charge in [0, 0.05) is 6.26 Å². The van der Waals surface area contributed by atoms with Crippen LogP contribution in [-0.4, -0.2) is 47.2 Å². The maximum absolute atomic E-state index is 12.1. The molecule has 0 aliphatic rings. The van der Waals surface area contributed by atoms with Crippen molar-refractivity contribution in [2.45, 2.75) is 58.3 Å². The van der Waals surface area contributed by atoms with Crippen molar-refractivity contribution in [2.75, 3.05) is 12.9 Å². The fourth-order valence-electron chi connectivity index (χ4n) is 3.44. The van der Waals surface area contributed by atoms with Gasteiger partial charge >= 0.3 is 5.97 Å². The van der Waals surface area contributed by atoms with E-state index >= 15 is 0 Å².